The summed E-state index contributed by atoms with van der Waals surface area (Å²) in [6, 6.07) is 3.71. The standard InChI is InChI=1S/C16H18N6O2/c1-11-15(12(2)24-20-11)5-6-16(23)18-8-13-10-22(21-19-13)14-4-3-7-17-9-14/h3-4,7,9-10H,5-6,8H2,1-2H3,(H,18,23). The Labute approximate surface area is 138 Å². The Kier molecular flexibility index (Phi) is 4.64. The molecule has 1 N–H and O–H groups in total. The van der Waals surface area contributed by atoms with Gasteiger partial charge in [0.1, 0.15) is 11.5 Å². The fourth-order valence-corrected chi connectivity index (χ4v) is 2.37. The lowest BCUT2D eigenvalue weighted by Gasteiger charge is -2.03. The zero-order valence-corrected chi connectivity index (χ0v) is 13.6. The van der Waals surface area contributed by atoms with E-state index in [1.807, 2.05) is 26.0 Å². The molecule has 0 aromatic carbocycles. The molecule has 8 nitrogen and oxygen atoms in total. The number of amides is 1. The summed E-state index contributed by atoms with van der Waals surface area (Å²) in [5.41, 5.74) is 3.33. The Morgan fingerprint density at radius 3 is 2.96 bits per heavy atom. The fraction of sp³-hybridized carbons (Fsp3) is 0.312. The molecular weight excluding hydrogens is 308 g/mol. The third kappa shape index (κ3) is 3.65. The smallest absolute Gasteiger partial charge is 0.220 e. The molecule has 3 heterocycles. The van der Waals surface area contributed by atoms with Gasteiger partial charge < -0.3 is 9.84 Å². The topological polar surface area (TPSA) is 98.7 Å². The van der Waals surface area contributed by atoms with E-state index in [9.17, 15) is 4.79 Å². The normalized spacial score (nSPS) is 10.8. The van der Waals surface area contributed by atoms with Crippen LogP contribution in [0.4, 0.5) is 0 Å². The van der Waals surface area contributed by atoms with E-state index < -0.39 is 0 Å². The van der Waals surface area contributed by atoms with E-state index in [4.69, 9.17) is 4.52 Å². The molecule has 0 fully saturated rings. The number of hydrogen-bond donors (Lipinski definition) is 1. The molecular formula is C16H18N6O2. The van der Waals surface area contributed by atoms with Gasteiger partial charge in [0.05, 0.1) is 30.3 Å². The molecule has 1 amide bonds. The number of aryl methyl sites for hydroxylation is 2. The van der Waals surface area contributed by atoms with Crippen molar-refractivity contribution in [3.8, 4) is 5.69 Å². The second-order valence-electron chi connectivity index (χ2n) is 5.45. The predicted octanol–water partition coefficient (Wildman–Crippen LogP) is 1.52. The molecule has 0 aliphatic carbocycles. The van der Waals surface area contributed by atoms with Crippen molar-refractivity contribution in [2.24, 2.45) is 0 Å². The van der Waals surface area contributed by atoms with E-state index in [0.717, 1.165) is 22.7 Å². The summed E-state index contributed by atoms with van der Waals surface area (Å²) in [5.74, 6) is 0.714. The summed E-state index contributed by atoms with van der Waals surface area (Å²) in [6.45, 7) is 4.06. The minimum atomic E-state index is -0.0501. The second kappa shape index (κ2) is 7.03. The number of rotatable bonds is 6. The van der Waals surface area contributed by atoms with Gasteiger partial charge in [-0.05, 0) is 32.4 Å². The van der Waals surface area contributed by atoms with Gasteiger partial charge in [-0.15, -0.1) is 5.10 Å². The van der Waals surface area contributed by atoms with Crippen molar-refractivity contribution >= 4 is 5.91 Å². The van der Waals surface area contributed by atoms with Gasteiger partial charge >= 0.3 is 0 Å². The lowest BCUT2D eigenvalue weighted by Crippen LogP contribution is -2.23. The van der Waals surface area contributed by atoms with Crippen LogP contribution in [0.1, 0.15) is 29.1 Å². The molecule has 0 atom stereocenters. The zero-order chi connectivity index (χ0) is 16.9. The Morgan fingerprint density at radius 2 is 2.25 bits per heavy atom. The highest BCUT2D eigenvalue weighted by molar-refractivity contribution is 5.76. The van der Waals surface area contributed by atoms with E-state index in [-0.39, 0.29) is 5.91 Å². The van der Waals surface area contributed by atoms with Crippen molar-refractivity contribution in [1.29, 1.82) is 0 Å². The van der Waals surface area contributed by atoms with Crippen LogP contribution in [0.2, 0.25) is 0 Å². The van der Waals surface area contributed by atoms with Crippen LogP contribution in [0.5, 0.6) is 0 Å². The van der Waals surface area contributed by atoms with Gasteiger partial charge in [-0.1, -0.05) is 10.4 Å². The summed E-state index contributed by atoms with van der Waals surface area (Å²) >= 11 is 0. The minimum Gasteiger partial charge on any atom is -0.361 e. The molecule has 0 unspecified atom stereocenters. The summed E-state index contributed by atoms with van der Waals surface area (Å²) in [5, 5.41) is 14.8. The Morgan fingerprint density at radius 1 is 1.38 bits per heavy atom. The zero-order valence-electron chi connectivity index (χ0n) is 13.6. The molecule has 0 aliphatic rings. The van der Waals surface area contributed by atoms with E-state index in [1.54, 1.807) is 23.3 Å². The Hall–Kier alpha value is -3.03. The summed E-state index contributed by atoms with van der Waals surface area (Å²) in [4.78, 5) is 16.0. The van der Waals surface area contributed by atoms with Crippen LogP contribution < -0.4 is 5.32 Å². The van der Waals surface area contributed by atoms with Gasteiger partial charge in [0, 0.05) is 18.2 Å². The van der Waals surface area contributed by atoms with Crippen molar-refractivity contribution in [1.82, 2.24) is 30.5 Å². The van der Waals surface area contributed by atoms with Gasteiger partial charge in [0.15, 0.2) is 0 Å². The van der Waals surface area contributed by atoms with Gasteiger partial charge in [-0.25, -0.2) is 4.68 Å². The van der Waals surface area contributed by atoms with Crippen molar-refractivity contribution in [2.75, 3.05) is 0 Å². The third-order valence-corrected chi connectivity index (χ3v) is 3.70. The highest BCUT2D eigenvalue weighted by Crippen LogP contribution is 2.14. The Bertz CT molecular complexity index is 805. The maximum Gasteiger partial charge on any atom is 0.220 e. The average molecular weight is 326 g/mol. The number of nitrogens with zero attached hydrogens (tertiary/aromatic N) is 5. The van der Waals surface area contributed by atoms with Crippen LogP contribution in [0.3, 0.4) is 0 Å². The predicted molar refractivity (Wildman–Crippen MR) is 85.3 cm³/mol. The number of carbonyl (C=O) groups is 1. The first kappa shape index (κ1) is 15.9. The molecule has 8 heteroatoms. The quantitative estimate of drug-likeness (QED) is 0.737. The van der Waals surface area contributed by atoms with Crippen molar-refractivity contribution < 1.29 is 9.32 Å². The minimum absolute atomic E-state index is 0.0501. The second-order valence-corrected chi connectivity index (χ2v) is 5.45. The van der Waals surface area contributed by atoms with E-state index in [2.05, 4.69) is 25.8 Å². The van der Waals surface area contributed by atoms with Crippen molar-refractivity contribution in [2.45, 2.75) is 33.2 Å². The van der Waals surface area contributed by atoms with E-state index >= 15 is 0 Å². The number of hydrogen-bond acceptors (Lipinski definition) is 6. The summed E-state index contributed by atoms with van der Waals surface area (Å²) in [7, 11) is 0. The third-order valence-electron chi connectivity index (χ3n) is 3.70. The lowest BCUT2D eigenvalue weighted by molar-refractivity contribution is -0.121. The van der Waals surface area contributed by atoms with Crippen LogP contribution in [0, 0.1) is 13.8 Å². The van der Waals surface area contributed by atoms with Crippen LogP contribution in [0.15, 0.2) is 35.2 Å². The van der Waals surface area contributed by atoms with Crippen LogP contribution in [-0.2, 0) is 17.8 Å². The number of aromatic nitrogens is 5. The molecule has 3 aromatic rings. The molecule has 124 valence electrons. The maximum atomic E-state index is 12.0. The largest absolute Gasteiger partial charge is 0.361 e. The molecule has 24 heavy (non-hydrogen) atoms. The number of nitrogens with one attached hydrogen (secondary N) is 1. The average Bonchev–Trinajstić information content (AvgIpc) is 3.19. The maximum absolute atomic E-state index is 12.0. The molecule has 3 rings (SSSR count). The molecule has 3 aromatic heterocycles. The molecule has 0 saturated carbocycles. The number of carbonyl (C=O) groups excluding carboxylic acids is 1. The SMILES string of the molecule is Cc1noc(C)c1CCC(=O)NCc1cn(-c2cccnc2)nn1. The van der Waals surface area contributed by atoms with Crippen LogP contribution in [0.25, 0.3) is 5.69 Å². The highest BCUT2D eigenvalue weighted by Gasteiger charge is 2.11. The van der Waals surface area contributed by atoms with Crippen molar-refractivity contribution in [3.63, 3.8) is 0 Å². The monoisotopic (exact) mass is 326 g/mol. The van der Waals surface area contributed by atoms with Crippen LogP contribution in [-0.4, -0.2) is 31.0 Å². The van der Waals surface area contributed by atoms with E-state index in [0.29, 0.717) is 25.1 Å². The van der Waals surface area contributed by atoms with Crippen molar-refractivity contribution in [3.05, 3.63) is 53.4 Å². The highest BCUT2D eigenvalue weighted by atomic mass is 16.5. The molecule has 0 aliphatic heterocycles. The lowest BCUT2D eigenvalue weighted by atomic mass is 10.1. The molecule has 0 bridgehead atoms. The van der Waals surface area contributed by atoms with Crippen LogP contribution >= 0.6 is 0 Å². The Balaban J connectivity index is 1.51. The van der Waals surface area contributed by atoms with E-state index in [1.165, 1.54) is 0 Å². The van der Waals surface area contributed by atoms with Gasteiger partial charge in [0.2, 0.25) is 5.91 Å². The molecule has 0 spiro atoms. The van der Waals surface area contributed by atoms with Gasteiger partial charge in [-0.2, -0.15) is 0 Å². The number of pyridine rings is 1. The summed E-state index contributed by atoms with van der Waals surface area (Å²) < 4.78 is 6.72. The molecule has 0 radical (unpaired) electrons. The summed E-state index contributed by atoms with van der Waals surface area (Å²) in [6.07, 6.45) is 6.14. The van der Waals surface area contributed by atoms with Gasteiger partial charge in [0.25, 0.3) is 0 Å². The van der Waals surface area contributed by atoms with Gasteiger partial charge in [-0.3, -0.25) is 9.78 Å². The fourth-order valence-electron chi connectivity index (χ4n) is 2.37. The molecule has 0 saturated heterocycles. The first-order chi connectivity index (χ1) is 11.6. The first-order valence-electron chi connectivity index (χ1n) is 7.63. The first-order valence-corrected chi connectivity index (χ1v) is 7.63.